The van der Waals surface area contributed by atoms with E-state index >= 15 is 0 Å². The molecule has 0 radical (unpaired) electrons. The topological polar surface area (TPSA) is 32.3 Å². The number of rotatable bonds is 3. The molecular weight excluding hydrogens is 212 g/mol. The van der Waals surface area contributed by atoms with Crippen molar-refractivity contribution >= 4 is 5.91 Å². The SMILES string of the molecule is CCCC1CCN(C(=O)C2CCCNC2)CC1. The van der Waals surface area contributed by atoms with E-state index in [1.54, 1.807) is 0 Å². The van der Waals surface area contributed by atoms with Crippen molar-refractivity contribution in [2.75, 3.05) is 26.2 Å². The molecule has 0 saturated carbocycles. The fourth-order valence-electron chi connectivity index (χ4n) is 3.17. The monoisotopic (exact) mass is 238 g/mol. The number of nitrogens with one attached hydrogen (secondary N) is 1. The van der Waals surface area contributed by atoms with Crippen LogP contribution in [0.2, 0.25) is 0 Å². The summed E-state index contributed by atoms with van der Waals surface area (Å²) >= 11 is 0. The molecule has 2 fully saturated rings. The number of amides is 1. The Morgan fingerprint density at radius 2 is 2.06 bits per heavy atom. The van der Waals surface area contributed by atoms with Crippen molar-refractivity contribution in [2.45, 2.75) is 45.4 Å². The molecule has 2 saturated heterocycles. The van der Waals surface area contributed by atoms with Crippen LogP contribution in [0.4, 0.5) is 0 Å². The van der Waals surface area contributed by atoms with E-state index in [2.05, 4.69) is 17.1 Å². The maximum Gasteiger partial charge on any atom is 0.226 e. The minimum Gasteiger partial charge on any atom is -0.342 e. The fraction of sp³-hybridized carbons (Fsp3) is 0.929. The Kier molecular flexibility index (Phi) is 4.84. The van der Waals surface area contributed by atoms with Crippen molar-refractivity contribution in [3.63, 3.8) is 0 Å². The zero-order chi connectivity index (χ0) is 12.1. The van der Waals surface area contributed by atoms with Gasteiger partial charge in [-0.3, -0.25) is 4.79 Å². The normalized spacial score (nSPS) is 27.1. The predicted molar refractivity (Wildman–Crippen MR) is 69.8 cm³/mol. The average Bonchev–Trinajstić information content (AvgIpc) is 2.40. The van der Waals surface area contributed by atoms with Crippen LogP contribution in [0, 0.1) is 11.8 Å². The van der Waals surface area contributed by atoms with Gasteiger partial charge < -0.3 is 10.2 Å². The predicted octanol–water partition coefficient (Wildman–Crippen LogP) is 2.02. The first-order chi connectivity index (χ1) is 8.31. The lowest BCUT2D eigenvalue weighted by molar-refractivity contribution is -0.137. The van der Waals surface area contributed by atoms with E-state index in [1.165, 1.54) is 25.7 Å². The highest BCUT2D eigenvalue weighted by molar-refractivity contribution is 5.79. The first-order valence-corrected chi connectivity index (χ1v) is 7.30. The Balaban J connectivity index is 1.77. The molecular formula is C14H26N2O. The number of piperidine rings is 2. The highest BCUT2D eigenvalue weighted by atomic mass is 16.2. The van der Waals surface area contributed by atoms with Crippen LogP contribution in [0.5, 0.6) is 0 Å². The van der Waals surface area contributed by atoms with E-state index in [0.29, 0.717) is 5.91 Å². The van der Waals surface area contributed by atoms with Gasteiger partial charge in [-0.15, -0.1) is 0 Å². The van der Waals surface area contributed by atoms with Gasteiger partial charge in [0.1, 0.15) is 0 Å². The van der Waals surface area contributed by atoms with Crippen molar-refractivity contribution in [2.24, 2.45) is 11.8 Å². The molecule has 2 heterocycles. The summed E-state index contributed by atoms with van der Waals surface area (Å²) in [5.74, 6) is 1.53. The van der Waals surface area contributed by atoms with Gasteiger partial charge in [-0.1, -0.05) is 19.8 Å². The molecule has 1 atom stereocenters. The number of nitrogens with zero attached hydrogens (tertiary/aromatic N) is 1. The number of hydrogen-bond acceptors (Lipinski definition) is 2. The molecule has 98 valence electrons. The van der Waals surface area contributed by atoms with Crippen molar-refractivity contribution in [1.29, 1.82) is 0 Å². The first kappa shape index (κ1) is 12.9. The summed E-state index contributed by atoms with van der Waals surface area (Å²) in [5.41, 5.74) is 0. The van der Waals surface area contributed by atoms with Gasteiger partial charge in [0, 0.05) is 19.6 Å². The number of carbonyl (C=O) groups is 1. The molecule has 3 nitrogen and oxygen atoms in total. The van der Waals surface area contributed by atoms with E-state index in [0.717, 1.165) is 44.9 Å². The van der Waals surface area contributed by atoms with Gasteiger partial charge in [0.2, 0.25) is 5.91 Å². The molecule has 1 unspecified atom stereocenters. The van der Waals surface area contributed by atoms with Crippen LogP contribution in [-0.4, -0.2) is 37.0 Å². The van der Waals surface area contributed by atoms with Gasteiger partial charge >= 0.3 is 0 Å². The molecule has 0 aliphatic carbocycles. The van der Waals surface area contributed by atoms with E-state index in [-0.39, 0.29) is 5.92 Å². The molecule has 0 aromatic heterocycles. The van der Waals surface area contributed by atoms with Crippen LogP contribution in [0.25, 0.3) is 0 Å². The van der Waals surface area contributed by atoms with E-state index < -0.39 is 0 Å². The quantitative estimate of drug-likeness (QED) is 0.816. The van der Waals surface area contributed by atoms with Gasteiger partial charge in [0.25, 0.3) is 0 Å². The molecule has 3 heteroatoms. The van der Waals surface area contributed by atoms with Crippen LogP contribution < -0.4 is 5.32 Å². The zero-order valence-electron chi connectivity index (χ0n) is 11.1. The van der Waals surface area contributed by atoms with E-state index in [4.69, 9.17) is 0 Å². The molecule has 0 aromatic carbocycles. The summed E-state index contributed by atoms with van der Waals surface area (Å²) in [6.45, 7) is 6.24. The molecule has 0 aromatic rings. The Hall–Kier alpha value is -0.570. The fourth-order valence-corrected chi connectivity index (χ4v) is 3.17. The molecule has 0 spiro atoms. The average molecular weight is 238 g/mol. The lowest BCUT2D eigenvalue weighted by atomic mass is 9.91. The second kappa shape index (κ2) is 6.39. The van der Waals surface area contributed by atoms with Gasteiger partial charge in [-0.05, 0) is 38.1 Å². The number of likely N-dealkylation sites (tertiary alicyclic amines) is 1. The Labute approximate surface area is 105 Å². The maximum absolute atomic E-state index is 12.3. The zero-order valence-corrected chi connectivity index (χ0v) is 11.1. The third kappa shape index (κ3) is 3.44. The third-order valence-electron chi connectivity index (χ3n) is 4.27. The van der Waals surface area contributed by atoms with Crippen molar-refractivity contribution < 1.29 is 4.79 Å². The number of carbonyl (C=O) groups excluding carboxylic acids is 1. The van der Waals surface area contributed by atoms with Crippen molar-refractivity contribution in [1.82, 2.24) is 10.2 Å². The van der Waals surface area contributed by atoms with Gasteiger partial charge in [0.05, 0.1) is 5.92 Å². The van der Waals surface area contributed by atoms with Gasteiger partial charge in [0.15, 0.2) is 0 Å². The summed E-state index contributed by atoms with van der Waals surface area (Å²) in [5, 5.41) is 3.34. The van der Waals surface area contributed by atoms with Crippen LogP contribution in [-0.2, 0) is 4.79 Å². The second-order valence-electron chi connectivity index (χ2n) is 5.60. The summed E-state index contributed by atoms with van der Waals surface area (Å²) in [6.07, 6.45) is 7.31. The van der Waals surface area contributed by atoms with Crippen LogP contribution in [0.1, 0.15) is 45.4 Å². The number of hydrogen-bond donors (Lipinski definition) is 1. The largest absolute Gasteiger partial charge is 0.342 e. The summed E-state index contributed by atoms with van der Waals surface area (Å²) < 4.78 is 0. The minimum atomic E-state index is 0.256. The molecule has 0 bridgehead atoms. The van der Waals surface area contributed by atoms with E-state index in [1.807, 2.05) is 0 Å². The van der Waals surface area contributed by atoms with Crippen LogP contribution in [0.15, 0.2) is 0 Å². The molecule has 1 amide bonds. The highest BCUT2D eigenvalue weighted by Crippen LogP contribution is 2.23. The molecule has 2 aliphatic heterocycles. The third-order valence-corrected chi connectivity index (χ3v) is 4.27. The maximum atomic E-state index is 12.3. The first-order valence-electron chi connectivity index (χ1n) is 7.30. The second-order valence-corrected chi connectivity index (χ2v) is 5.60. The van der Waals surface area contributed by atoms with Crippen LogP contribution in [0.3, 0.4) is 0 Å². The smallest absolute Gasteiger partial charge is 0.226 e. The Bertz CT molecular complexity index is 241. The highest BCUT2D eigenvalue weighted by Gasteiger charge is 2.28. The Morgan fingerprint density at radius 3 is 2.65 bits per heavy atom. The van der Waals surface area contributed by atoms with Gasteiger partial charge in [-0.2, -0.15) is 0 Å². The molecule has 1 N–H and O–H groups in total. The molecule has 2 aliphatic rings. The van der Waals surface area contributed by atoms with Gasteiger partial charge in [-0.25, -0.2) is 0 Å². The standard InChI is InChI=1S/C14H26N2O/c1-2-4-12-6-9-16(10-7-12)14(17)13-5-3-8-15-11-13/h12-13,15H,2-11H2,1H3. The van der Waals surface area contributed by atoms with Crippen molar-refractivity contribution in [3.8, 4) is 0 Å². The summed E-state index contributed by atoms with van der Waals surface area (Å²) in [7, 11) is 0. The lowest BCUT2D eigenvalue weighted by Crippen LogP contribution is -2.46. The Morgan fingerprint density at radius 1 is 1.29 bits per heavy atom. The van der Waals surface area contributed by atoms with E-state index in [9.17, 15) is 4.79 Å². The van der Waals surface area contributed by atoms with Crippen LogP contribution >= 0.6 is 0 Å². The molecule has 17 heavy (non-hydrogen) atoms. The lowest BCUT2D eigenvalue weighted by Gasteiger charge is -2.35. The summed E-state index contributed by atoms with van der Waals surface area (Å²) in [6, 6.07) is 0. The van der Waals surface area contributed by atoms with Crippen molar-refractivity contribution in [3.05, 3.63) is 0 Å². The summed E-state index contributed by atoms with van der Waals surface area (Å²) in [4.78, 5) is 14.4. The minimum absolute atomic E-state index is 0.256. The molecule has 2 rings (SSSR count).